The summed E-state index contributed by atoms with van der Waals surface area (Å²) in [6.45, 7) is 0. The Balaban J connectivity index is 0. The second-order valence-electron chi connectivity index (χ2n) is 2.23. The van der Waals surface area contributed by atoms with Gasteiger partial charge in [0.2, 0.25) is 0 Å². The summed E-state index contributed by atoms with van der Waals surface area (Å²) in [4.78, 5) is 30.3. The first-order valence-corrected chi connectivity index (χ1v) is 3.10. The molecule has 0 spiro atoms. The van der Waals surface area contributed by atoms with E-state index in [1.165, 1.54) is 0 Å². The number of hydrogen-bond acceptors (Lipinski definition) is 3. The van der Waals surface area contributed by atoms with E-state index in [-0.39, 0.29) is 51.4 Å². The molecular formula is C6H9KO6. The molecule has 0 fully saturated rings. The van der Waals surface area contributed by atoms with Crippen LogP contribution in [0.25, 0.3) is 0 Å². The molecule has 0 amide bonds. The van der Waals surface area contributed by atoms with E-state index in [2.05, 4.69) is 0 Å². The predicted octanol–water partition coefficient (Wildman–Crippen LogP) is -1.01. The van der Waals surface area contributed by atoms with Gasteiger partial charge < -0.3 is 15.3 Å². The van der Waals surface area contributed by atoms with E-state index in [9.17, 15) is 14.4 Å². The van der Waals surface area contributed by atoms with Crippen LogP contribution in [0.2, 0.25) is 0 Å². The molecule has 0 rings (SSSR count). The number of hydrogen-bond donors (Lipinski definition) is 3. The number of carbonyl (C=O) groups is 3. The fourth-order valence-corrected chi connectivity index (χ4v) is 0.668. The minimum absolute atomic E-state index is 0. The Labute approximate surface area is 116 Å². The van der Waals surface area contributed by atoms with Crippen LogP contribution in [0.3, 0.4) is 0 Å². The molecule has 0 bridgehead atoms. The van der Waals surface area contributed by atoms with E-state index in [0.717, 1.165) is 0 Å². The Morgan fingerprint density at radius 1 is 0.923 bits per heavy atom. The van der Waals surface area contributed by atoms with Crippen molar-refractivity contribution in [2.45, 2.75) is 12.8 Å². The molecule has 3 N–H and O–H groups in total. The van der Waals surface area contributed by atoms with Gasteiger partial charge in [-0.05, 0) is 0 Å². The van der Waals surface area contributed by atoms with Crippen molar-refractivity contribution >= 4 is 69.3 Å². The second-order valence-corrected chi connectivity index (χ2v) is 2.23. The van der Waals surface area contributed by atoms with Gasteiger partial charge in [-0.1, -0.05) is 0 Å². The molecule has 7 heteroatoms. The van der Waals surface area contributed by atoms with Gasteiger partial charge in [-0.3, -0.25) is 14.4 Å². The van der Waals surface area contributed by atoms with Crippen LogP contribution in [0.1, 0.15) is 12.8 Å². The van der Waals surface area contributed by atoms with Gasteiger partial charge in [0.15, 0.2) is 0 Å². The third-order valence-electron chi connectivity index (χ3n) is 1.19. The molecule has 0 saturated carbocycles. The Morgan fingerprint density at radius 2 is 1.23 bits per heavy atom. The molecule has 0 unspecified atom stereocenters. The zero-order chi connectivity index (χ0) is 9.72. The van der Waals surface area contributed by atoms with E-state index in [1.54, 1.807) is 0 Å². The van der Waals surface area contributed by atoms with Crippen molar-refractivity contribution in [3.05, 3.63) is 0 Å². The molecule has 0 aromatic rings. The van der Waals surface area contributed by atoms with Crippen LogP contribution in [0.5, 0.6) is 0 Å². The summed E-state index contributed by atoms with van der Waals surface area (Å²) in [7, 11) is 0. The fourth-order valence-electron chi connectivity index (χ4n) is 0.668. The van der Waals surface area contributed by atoms with Gasteiger partial charge in [-0.2, -0.15) is 0 Å². The van der Waals surface area contributed by atoms with Gasteiger partial charge in [-0.15, -0.1) is 0 Å². The standard InChI is InChI=1S/C6H8O6.K.H/c7-4(8)1-3(6(11)12)2-5(9)10;;/h3H,1-2H2,(H,7,8)(H,9,10)(H,11,12);;. The zero-order valence-electron chi connectivity index (χ0n) is 6.06. The van der Waals surface area contributed by atoms with Crippen LogP contribution in [-0.4, -0.2) is 84.6 Å². The Morgan fingerprint density at radius 3 is 1.38 bits per heavy atom. The maximum absolute atomic E-state index is 10.2. The molecule has 0 radical (unpaired) electrons. The molecule has 13 heavy (non-hydrogen) atoms. The van der Waals surface area contributed by atoms with Crippen LogP contribution in [0.4, 0.5) is 0 Å². The van der Waals surface area contributed by atoms with Crippen molar-refractivity contribution in [3.63, 3.8) is 0 Å². The van der Waals surface area contributed by atoms with Crippen molar-refractivity contribution < 1.29 is 29.7 Å². The van der Waals surface area contributed by atoms with Crippen LogP contribution >= 0.6 is 0 Å². The van der Waals surface area contributed by atoms with Crippen molar-refractivity contribution in [1.82, 2.24) is 0 Å². The second kappa shape index (κ2) is 7.45. The van der Waals surface area contributed by atoms with Gasteiger partial charge in [0.1, 0.15) is 0 Å². The third kappa shape index (κ3) is 8.38. The summed E-state index contributed by atoms with van der Waals surface area (Å²) in [6.07, 6.45) is -1.33. The zero-order valence-corrected chi connectivity index (χ0v) is 6.06. The molecule has 6 nitrogen and oxygen atoms in total. The summed E-state index contributed by atoms with van der Waals surface area (Å²) in [5, 5.41) is 24.7. The van der Waals surface area contributed by atoms with Crippen LogP contribution in [-0.2, 0) is 14.4 Å². The van der Waals surface area contributed by atoms with Gasteiger partial charge in [0.25, 0.3) is 0 Å². The molecule has 0 aromatic heterocycles. The summed E-state index contributed by atoms with van der Waals surface area (Å²) < 4.78 is 0. The Kier molecular flexibility index (Phi) is 8.89. The van der Waals surface area contributed by atoms with Crippen molar-refractivity contribution in [3.8, 4) is 0 Å². The topological polar surface area (TPSA) is 112 Å². The van der Waals surface area contributed by atoms with Gasteiger partial charge in [-0.25, -0.2) is 0 Å². The average molecular weight is 216 g/mol. The quantitative estimate of drug-likeness (QED) is 0.507. The molecule has 0 aromatic carbocycles. The average Bonchev–Trinajstić information content (AvgIpc) is 1.83. The number of aliphatic carboxylic acids is 3. The number of rotatable bonds is 5. The summed E-state index contributed by atoms with van der Waals surface area (Å²) in [5.41, 5.74) is 0. The number of carboxylic acids is 3. The summed E-state index contributed by atoms with van der Waals surface area (Å²) >= 11 is 0. The van der Waals surface area contributed by atoms with Crippen molar-refractivity contribution in [2.24, 2.45) is 5.92 Å². The molecule has 0 aliphatic rings. The molecule has 0 aliphatic heterocycles. The van der Waals surface area contributed by atoms with Crippen LogP contribution in [0, 0.1) is 5.92 Å². The minimum atomic E-state index is -1.40. The van der Waals surface area contributed by atoms with Crippen LogP contribution in [0.15, 0.2) is 0 Å². The molecule has 0 heterocycles. The predicted molar refractivity (Wildman–Crippen MR) is 42.8 cm³/mol. The van der Waals surface area contributed by atoms with E-state index in [1.807, 2.05) is 0 Å². The van der Waals surface area contributed by atoms with Crippen molar-refractivity contribution in [1.29, 1.82) is 0 Å². The molecule has 0 atom stereocenters. The number of carboxylic acid groups (broad SMARTS) is 3. The molecule has 70 valence electrons. The first-order valence-electron chi connectivity index (χ1n) is 3.10. The SMILES string of the molecule is O=C(O)CC(CC(=O)O)C(=O)O.[KH]. The maximum atomic E-state index is 10.2. The van der Waals surface area contributed by atoms with E-state index in [4.69, 9.17) is 15.3 Å². The van der Waals surface area contributed by atoms with Gasteiger partial charge in [0.05, 0.1) is 18.8 Å². The van der Waals surface area contributed by atoms with Gasteiger partial charge in [0, 0.05) is 0 Å². The van der Waals surface area contributed by atoms with E-state index >= 15 is 0 Å². The van der Waals surface area contributed by atoms with E-state index in [0.29, 0.717) is 0 Å². The van der Waals surface area contributed by atoms with Gasteiger partial charge >= 0.3 is 69.3 Å². The molecule has 0 aliphatic carbocycles. The summed E-state index contributed by atoms with van der Waals surface area (Å²) in [6, 6.07) is 0. The normalized spacial score (nSPS) is 9.00. The van der Waals surface area contributed by atoms with E-state index < -0.39 is 36.7 Å². The molecule has 0 saturated heterocycles. The monoisotopic (exact) mass is 216 g/mol. The van der Waals surface area contributed by atoms with Crippen molar-refractivity contribution in [2.75, 3.05) is 0 Å². The van der Waals surface area contributed by atoms with Crippen LogP contribution < -0.4 is 0 Å². The Bertz CT molecular complexity index is 197. The molecular weight excluding hydrogens is 207 g/mol. The first kappa shape index (κ1) is 15.5. The first-order chi connectivity index (χ1) is 5.43. The summed E-state index contributed by atoms with van der Waals surface area (Å²) in [5.74, 6) is -5.38. The Hall–Kier alpha value is 0.0464. The third-order valence-corrected chi connectivity index (χ3v) is 1.19. The fraction of sp³-hybridized carbons (Fsp3) is 0.500.